The number of nitro benzene ring substituents is 1. The maximum Gasteiger partial charge on any atom is 0.312 e. The van der Waals surface area contributed by atoms with Gasteiger partial charge in [-0.2, -0.15) is 4.31 Å². The van der Waals surface area contributed by atoms with Gasteiger partial charge in [-0.3, -0.25) is 14.9 Å². The smallest absolute Gasteiger partial charge is 0.312 e. The SMILES string of the molecule is Cc1cc(C(=O)COc2ccc(S(=O)(=O)N3CCCC3)cc2[N+](=O)[O-])c(C)n1-c1ccccc1. The largest absolute Gasteiger partial charge is 0.478 e. The first-order valence-electron chi connectivity index (χ1n) is 10.9. The number of benzene rings is 2. The summed E-state index contributed by atoms with van der Waals surface area (Å²) in [6, 6.07) is 14.9. The second-order valence-electron chi connectivity index (χ2n) is 8.17. The Kier molecular flexibility index (Phi) is 6.54. The number of rotatable bonds is 8. The van der Waals surface area contributed by atoms with Crippen molar-refractivity contribution in [3.63, 3.8) is 0 Å². The molecule has 0 atom stereocenters. The van der Waals surface area contributed by atoms with Gasteiger partial charge in [0.25, 0.3) is 0 Å². The Hall–Kier alpha value is -3.50. The molecule has 10 heteroatoms. The van der Waals surface area contributed by atoms with E-state index in [4.69, 9.17) is 4.74 Å². The van der Waals surface area contributed by atoms with Crippen molar-refractivity contribution in [1.82, 2.24) is 8.87 Å². The molecular weight excluding hydrogens is 458 g/mol. The van der Waals surface area contributed by atoms with Gasteiger partial charge in [0.05, 0.1) is 9.82 Å². The molecular formula is C24H25N3O6S. The molecule has 0 spiro atoms. The Morgan fingerprint density at radius 3 is 2.38 bits per heavy atom. The Morgan fingerprint density at radius 1 is 1.06 bits per heavy atom. The van der Waals surface area contributed by atoms with Crippen molar-refractivity contribution in [2.75, 3.05) is 19.7 Å². The molecule has 0 amide bonds. The maximum absolute atomic E-state index is 12.9. The number of ketones is 1. The molecule has 1 aliphatic rings. The predicted octanol–water partition coefficient (Wildman–Crippen LogP) is 4.05. The molecule has 3 aromatic rings. The first-order valence-corrected chi connectivity index (χ1v) is 12.3. The van der Waals surface area contributed by atoms with Gasteiger partial charge in [0.15, 0.2) is 12.4 Å². The molecule has 178 valence electrons. The van der Waals surface area contributed by atoms with Gasteiger partial charge in [-0.05, 0) is 57.0 Å². The van der Waals surface area contributed by atoms with Crippen molar-refractivity contribution in [3.8, 4) is 11.4 Å². The van der Waals surface area contributed by atoms with E-state index >= 15 is 0 Å². The lowest BCUT2D eigenvalue weighted by Crippen LogP contribution is -2.27. The summed E-state index contributed by atoms with van der Waals surface area (Å²) < 4.78 is 34.3. The van der Waals surface area contributed by atoms with Gasteiger partial charge < -0.3 is 9.30 Å². The van der Waals surface area contributed by atoms with Crippen LogP contribution in [0.4, 0.5) is 5.69 Å². The second kappa shape index (κ2) is 9.40. The van der Waals surface area contributed by atoms with Gasteiger partial charge in [0.1, 0.15) is 0 Å². The van der Waals surface area contributed by atoms with Gasteiger partial charge in [-0.1, -0.05) is 18.2 Å². The van der Waals surface area contributed by atoms with Crippen LogP contribution < -0.4 is 4.74 Å². The standard InChI is InChI=1S/C24H25N3O6S/c1-17-14-21(18(2)26(17)19-8-4-3-5-9-19)23(28)16-33-24-11-10-20(15-22(24)27(29)30)34(31,32)25-12-6-7-13-25/h3-5,8-11,14-15H,6-7,12-13,16H2,1-2H3. The molecule has 1 aliphatic heterocycles. The summed E-state index contributed by atoms with van der Waals surface area (Å²) >= 11 is 0. The fraction of sp³-hybridized carbons (Fsp3) is 0.292. The molecule has 9 nitrogen and oxygen atoms in total. The third-order valence-corrected chi connectivity index (χ3v) is 7.83. The second-order valence-corrected chi connectivity index (χ2v) is 10.1. The number of Topliss-reactive ketones (excluding diaryl/α,β-unsaturated/α-hetero) is 1. The van der Waals surface area contributed by atoms with E-state index < -0.39 is 27.2 Å². The van der Waals surface area contributed by atoms with Crippen molar-refractivity contribution >= 4 is 21.5 Å². The number of aromatic nitrogens is 1. The van der Waals surface area contributed by atoms with E-state index in [9.17, 15) is 23.3 Å². The van der Waals surface area contributed by atoms with Gasteiger partial charge in [-0.15, -0.1) is 0 Å². The lowest BCUT2D eigenvalue weighted by atomic mass is 10.1. The Morgan fingerprint density at radius 2 is 1.74 bits per heavy atom. The Labute approximate surface area is 197 Å². The van der Waals surface area contributed by atoms with Crippen molar-refractivity contribution in [2.45, 2.75) is 31.6 Å². The van der Waals surface area contributed by atoms with E-state index in [1.165, 1.54) is 16.4 Å². The summed E-state index contributed by atoms with van der Waals surface area (Å²) in [7, 11) is -3.82. The van der Waals surface area contributed by atoms with Crippen molar-refractivity contribution in [1.29, 1.82) is 0 Å². The number of carbonyl (C=O) groups is 1. The summed E-state index contributed by atoms with van der Waals surface area (Å²) in [5.41, 5.74) is 2.48. The van der Waals surface area contributed by atoms with Gasteiger partial charge in [0, 0.05) is 41.8 Å². The molecule has 0 saturated carbocycles. The minimum atomic E-state index is -3.82. The highest BCUT2D eigenvalue weighted by atomic mass is 32.2. The number of ether oxygens (including phenoxy) is 1. The number of sulfonamides is 1. The van der Waals surface area contributed by atoms with Crippen LogP contribution in [0, 0.1) is 24.0 Å². The molecule has 0 aliphatic carbocycles. The topological polar surface area (TPSA) is 112 Å². The number of nitro groups is 1. The average molecular weight is 484 g/mol. The highest BCUT2D eigenvalue weighted by Gasteiger charge is 2.30. The third-order valence-electron chi connectivity index (χ3n) is 5.93. The zero-order valence-electron chi connectivity index (χ0n) is 18.9. The van der Waals surface area contributed by atoms with Crippen LogP contribution in [-0.4, -0.2) is 47.7 Å². The summed E-state index contributed by atoms with van der Waals surface area (Å²) in [6.45, 7) is 4.09. The predicted molar refractivity (Wildman–Crippen MR) is 126 cm³/mol. The number of aryl methyl sites for hydroxylation is 1. The minimum absolute atomic E-state index is 0.157. The van der Waals surface area contributed by atoms with Gasteiger partial charge in [0.2, 0.25) is 15.8 Å². The summed E-state index contributed by atoms with van der Waals surface area (Å²) in [6.07, 6.45) is 1.52. The van der Waals surface area contributed by atoms with E-state index in [2.05, 4.69) is 0 Å². The van der Waals surface area contributed by atoms with Gasteiger partial charge >= 0.3 is 5.69 Å². The highest BCUT2D eigenvalue weighted by Crippen LogP contribution is 2.32. The molecule has 0 N–H and O–H groups in total. The Balaban J connectivity index is 1.56. The number of hydrogen-bond donors (Lipinski definition) is 0. The number of hydrogen-bond acceptors (Lipinski definition) is 6. The van der Waals surface area contributed by atoms with Crippen LogP contribution >= 0.6 is 0 Å². The van der Waals surface area contributed by atoms with E-state index in [0.717, 1.165) is 36.0 Å². The Bertz CT molecular complexity index is 1340. The highest BCUT2D eigenvalue weighted by molar-refractivity contribution is 7.89. The fourth-order valence-electron chi connectivity index (χ4n) is 4.24. The van der Waals surface area contributed by atoms with Crippen molar-refractivity contribution < 1.29 is 22.9 Å². The monoisotopic (exact) mass is 483 g/mol. The van der Waals surface area contributed by atoms with E-state index in [-0.39, 0.29) is 16.4 Å². The van der Waals surface area contributed by atoms with Gasteiger partial charge in [-0.25, -0.2) is 8.42 Å². The molecule has 0 bridgehead atoms. The maximum atomic E-state index is 12.9. The zero-order chi connectivity index (χ0) is 24.5. The molecule has 2 aromatic carbocycles. The first kappa shape index (κ1) is 23.7. The summed E-state index contributed by atoms with van der Waals surface area (Å²) in [5, 5.41) is 11.6. The molecule has 34 heavy (non-hydrogen) atoms. The van der Waals surface area contributed by atoms with Crippen molar-refractivity contribution in [2.24, 2.45) is 0 Å². The molecule has 4 rings (SSSR count). The summed E-state index contributed by atoms with van der Waals surface area (Å²) in [4.78, 5) is 23.7. The van der Waals surface area contributed by atoms with E-state index in [1.54, 1.807) is 6.07 Å². The van der Waals surface area contributed by atoms with Crippen LogP contribution in [0.5, 0.6) is 5.75 Å². The lowest BCUT2D eigenvalue weighted by molar-refractivity contribution is -0.386. The molecule has 0 radical (unpaired) electrons. The fourth-order valence-corrected chi connectivity index (χ4v) is 5.78. The molecule has 1 saturated heterocycles. The minimum Gasteiger partial charge on any atom is -0.478 e. The third kappa shape index (κ3) is 4.46. The van der Waals surface area contributed by atoms with Crippen LogP contribution in [0.15, 0.2) is 59.5 Å². The van der Waals surface area contributed by atoms with Crippen molar-refractivity contribution in [3.05, 3.63) is 81.7 Å². The van der Waals surface area contributed by atoms with E-state index in [0.29, 0.717) is 18.7 Å². The molecule has 2 heterocycles. The van der Waals surface area contributed by atoms with Crippen LogP contribution in [0.25, 0.3) is 5.69 Å². The van der Waals surface area contributed by atoms with Crippen LogP contribution in [0.2, 0.25) is 0 Å². The van der Waals surface area contributed by atoms with E-state index in [1.807, 2.05) is 48.7 Å². The normalized spacial score (nSPS) is 14.3. The molecule has 1 fully saturated rings. The summed E-state index contributed by atoms with van der Waals surface area (Å²) in [5.74, 6) is -0.492. The van der Waals surface area contributed by atoms with Crippen LogP contribution in [0.3, 0.4) is 0 Å². The van der Waals surface area contributed by atoms with Crippen LogP contribution in [0.1, 0.15) is 34.6 Å². The quantitative estimate of drug-likeness (QED) is 0.271. The lowest BCUT2D eigenvalue weighted by Gasteiger charge is -2.16. The average Bonchev–Trinajstić information content (AvgIpc) is 3.46. The van der Waals surface area contributed by atoms with Crippen LogP contribution in [-0.2, 0) is 10.0 Å². The number of nitrogens with zero attached hydrogens (tertiary/aromatic N) is 3. The molecule has 1 aromatic heterocycles. The zero-order valence-corrected chi connectivity index (χ0v) is 19.7. The first-order chi connectivity index (χ1) is 16.2. The number of carbonyl (C=O) groups excluding carboxylic acids is 1. The molecule has 0 unspecified atom stereocenters. The number of para-hydroxylation sites is 1.